The molecule has 0 heterocycles. The molecule has 2 aliphatic rings. The second-order valence-corrected chi connectivity index (χ2v) is 7.84. The largest absolute Gasteiger partial charge is 0.445 e. The highest BCUT2D eigenvalue weighted by atomic mass is 16.5. The van der Waals surface area contributed by atoms with Crippen molar-refractivity contribution >= 4 is 18.1 Å². The van der Waals surface area contributed by atoms with E-state index in [1.807, 2.05) is 0 Å². The van der Waals surface area contributed by atoms with Gasteiger partial charge in [-0.1, -0.05) is 50.3 Å². The normalized spacial score (nSPS) is 17.5. The third-order valence-corrected chi connectivity index (χ3v) is 5.76. The molecule has 3 rings (SSSR count). The highest BCUT2D eigenvalue weighted by molar-refractivity contribution is 5.80. The second kappa shape index (κ2) is 10.9. The molecular weight excluding hydrogens is 394 g/mol. The summed E-state index contributed by atoms with van der Waals surface area (Å²) in [6.07, 6.45) is 8.81. The maximum atomic E-state index is 12.1. The first-order chi connectivity index (χ1) is 15.0. The molecule has 166 valence electrons. The number of hydrogen-bond acceptors (Lipinski definition) is 5. The number of hydrogen-bond donors (Lipinski definition) is 3. The Labute approximate surface area is 183 Å². The number of benzene rings is 1. The lowest BCUT2D eigenvalue weighted by Crippen LogP contribution is -2.29. The van der Waals surface area contributed by atoms with Crippen LogP contribution in [0.25, 0.3) is 6.08 Å². The predicted octanol–water partition coefficient (Wildman–Crippen LogP) is 3.55. The van der Waals surface area contributed by atoms with Crippen LogP contribution in [0.4, 0.5) is 4.79 Å². The summed E-state index contributed by atoms with van der Waals surface area (Å²) in [5, 5.41) is 11.3. The number of carbonyl (C=O) groups excluding carboxylic acids is 2. The van der Waals surface area contributed by atoms with Crippen molar-refractivity contribution in [2.45, 2.75) is 39.7 Å². The van der Waals surface area contributed by atoms with Gasteiger partial charge in [0.1, 0.15) is 6.61 Å². The SMILES string of the molecule is CCN(CC)Cc1ccc2c(c1)CCC(COC(=O)NC1=CCC(C(=O)NO)C=C1)=C2. The van der Waals surface area contributed by atoms with Gasteiger partial charge in [-0.05, 0) is 60.7 Å². The van der Waals surface area contributed by atoms with E-state index in [9.17, 15) is 9.59 Å². The van der Waals surface area contributed by atoms with Gasteiger partial charge in [-0.3, -0.25) is 20.2 Å². The predicted molar refractivity (Wildman–Crippen MR) is 119 cm³/mol. The lowest BCUT2D eigenvalue weighted by Gasteiger charge is -2.21. The molecule has 0 saturated carbocycles. The van der Waals surface area contributed by atoms with Crippen LogP contribution in [0.15, 0.2) is 47.7 Å². The van der Waals surface area contributed by atoms with Crippen LogP contribution in [-0.2, 0) is 22.5 Å². The molecule has 0 radical (unpaired) electrons. The van der Waals surface area contributed by atoms with Crippen molar-refractivity contribution < 1.29 is 19.5 Å². The van der Waals surface area contributed by atoms with Crippen LogP contribution in [0.3, 0.4) is 0 Å². The number of nitrogens with one attached hydrogen (secondary N) is 2. The first-order valence-electron chi connectivity index (χ1n) is 10.8. The van der Waals surface area contributed by atoms with Crippen molar-refractivity contribution in [1.82, 2.24) is 15.7 Å². The molecule has 1 aromatic rings. The van der Waals surface area contributed by atoms with Gasteiger partial charge in [0.2, 0.25) is 0 Å². The molecule has 1 aromatic carbocycles. The smallest absolute Gasteiger partial charge is 0.411 e. The standard InChI is InChI=1S/C24H31N3O4/c1-3-27(4-2)15-17-5-7-21-14-18(6-8-20(21)13-17)16-31-24(29)25-22-11-9-19(10-12-22)23(28)26-30/h5,7,9,11-14,19,30H,3-4,6,8,10,15-16H2,1-2H3,(H,25,29)(H,26,28). The molecule has 0 aliphatic heterocycles. The number of nitrogens with zero attached hydrogens (tertiary/aromatic N) is 1. The molecule has 0 saturated heterocycles. The second-order valence-electron chi connectivity index (χ2n) is 7.84. The Kier molecular flexibility index (Phi) is 8.03. The van der Waals surface area contributed by atoms with E-state index in [4.69, 9.17) is 9.94 Å². The van der Waals surface area contributed by atoms with Crippen LogP contribution in [0.2, 0.25) is 0 Å². The lowest BCUT2D eigenvalue weighted by molar-refractivity contribution is -0.131. The van der Waals surface area contributed by atoms with Gasteiger partial charge in [-0.25, -0.2) is 10.3 Å². The van der Waals surface area contributed by atoms with Gasteiger partial charge in [-0.15, -0.1) is 0 Å². The molecule has 2 amide bonds. The van der Waals surface area contributed by atoms with Crippen molar-refractivity contribution in [1.29, 1.82) is 0 Å². The molecule has 0 fully saturated rings. The van der Waals surface area contributed by atoms with Crippen molar-refractivity contribution in [3.05, 3.63) is 64.4 Å². The molecule has 7 nitrogen and oxygen atoms in total. The fourth-order valence-corrected chi connectivity index (χ4v) is 3.82. The summed E-state index contributed by atoms with van der Waals surface area (Å²) in [5.41, 5.74) is 7.17. The highest BCUT2D eigenvalue weighted by Crippen LogP contribution is 2.25. The Morgan fingerprint density at radius 3 is 2.71 bits per heavy atom. The zero-order chi connectivity index (χ0) is 22.2. The third kappa shape index (κ3) is 6.29. The fraction of sp³-hybridized carbons (Fsp3) is 0.417. The topological polar surface area (TPSA) is 90.9 Å². The number of carbonyl (C=O) groups is 2. The van der Waals surface area contributed by atoms with Crippen LogP contribution in [0, 0.1) is 5.92 Å². The number of rotatable bonds is 8. The molecule has 2 aliphatic carbocycles. The van der Waals surface area contributed by atoms with Gasteiger partial charge >= 0.3 is 6.09 Å². The van der Waals surface area contributed by atoms with E-state index in [1.165, 1.54) is 16.7 Å². The average Bonchev–Trinajstić information content (AvgIpc) is 2.81. The summed E-state index contributed by atoms with van der Waals surface area (Å²) in [4.78, 5) is 25.9. The molecule has 1 atom stereocenters. The minimum Gasteiger partial charge on any atom is -0.445 e. The van der Waals surface area contributed by atoms with Gasteiger partial charge in [0.15, 0.2) is 0 Å². The number of amides is 2. The summed E-state index contributed by atoms with van der Waals surface area (Å²) in [6.45, 7) is 7.67. The molecule has 0 aromatic heterocycles. The van der Waals surface area contributed by atoms with Gasteiger partial charge in [0, 0.05) is 12.2 Å². The van der Waals surface area contributed by atoms with Gasteiger partial charge in [-0.2, -0.15) is 0 Å². The van der Waals surface area contributed by atoms with Crippen LogP contribution in [0.1, 0.15) is 43.4 Å². The molecule has 1 unspecified atom stereocenters. The number of aryl methyl sites for hydroxylation is 1. The van der Waals surface area contributed by atoms with Crippen LogP contribution in [0.5, 0.6) is 0 Å². The monoisotopic (exact) mass is 425 g/mol. The maximum absolute atomic E-state index is 12.1. The number of fused-ring (bicyclic) bond motifs is 1. The van der Waals surface area contributed by atoms with Crippen LogP contribution >= 0.6 is 0 Å². The van der Waals surface area contributed by atoms with Crippen LogP contribution < -0.4 is 10.8 Å². The summed E-state index contributed by atoms with van der Waals surface area (Å²) < 4.78 is 5.38. The van der Waals surface area contributed by atoms with Gasteiger partial charge in [0.05, 0.1) is 5.92 Å². The van der Waals surface area contributed by atoms with E-state index in [-0.39, 0.29) is 6.61 Å². The van der Waals surface area contributed by atoms with E-state index in [1.54, 1.807) is 23.7 Å². The van der Waals surface area contributed by atoms with E-state index in [2.05, 4.69) is 48.3 Å². The van der Waals surface area contributed by atoms with Crippen LogP contribution in [-0.4, -0.2) is 41.8 Å². The Morgan fingerprint density at radius 1 is 1.23 bits per heavy atom. The molecule has 31 heavy (non-hydrogen) atoms. The van der Waals surface area contributed by atoms with Crippen molar-refractivity contribution in [3.8, 4) is 0 Å². The average molecular weight is 426 g/mol. The number of ether oxygens (including phenoxy) is 1. The Hall–Kier alpha value is -2.90. The van der Waals surface area contributed by atoms with Crippen molar-refractivity contribution in [2.24, 2.45) is 5.92 Å². The number of allylic oxidation sites excluding steroid dienone is 2. The van der Waals surface area contributed by atoms with E-state index in [0.29, 0.717) is 12.1 Å². The van der Waals surface area contributed by atoms with E-state index >= 15 is 0 Å². The summed E-state index contributed by atoms with van der Waals surface area (Å²) >= 11 is 0. The van der Waals surface area contributed by atoms with E-state index in [0.717, 1.165) is 38.0 Å². The first kappa shape index (κ1) is 22.8. The Bertz CT molecular complexity index is 900. The van der Waals surface area contributed by atoms with Crippen molar-refractivity contribution in [2.75, 3.05) is 19.7 Å². The quantitative estimate of drug-likeness (QED) is 0.438. The zero-order valence-corrected chi connectivity index (χ0v) is 18.2. The number of hydroxylamine groups is 1. The third-order valence-electron chi connectivity index (χ3n) is 5.76. The minimum atomic E-state index is -0.526. The maximum Gasteiger partial charge on any atom is 0.411 e. The van der Waals surface area contributed by atoms with E-state index < -0.39 is 17.9 Å². The number of alkyl carbamates (subject to hydrolysis) is 1. The zero-order valence-electron chi connectivity index (χ0n) is 18.2. The molecule has 0 bridgehead atoms. The lowest BCUT2D eigenvalue weighted by atomic mass is 9.91. The summed E-state index contributed by atoms with van der Waals surface area (Å²) in [6, 6.07) is 6.63. The van der Waals surface area contributed by atoms with Gasteiger partial charge in [0.25, 0.3) is 5.91 Å². The molecule has 7 heteroatoms. The molecular formula is C24H31N3O4. The first-order valence-corrected chi connectivity index (χ1v) is 10.8. The van der Waals surface area contributed by atoms with Crippen molar-refractivity contribution in [3.63, 3.8) is 0 Å². The molecule has 3 N–H and O–H groups in total. The summed E-state index contributed by atoms with van der Waals surface area (Å²) in [7, 11) is 0. The molecule has 0 spiro atoms. The summed E-state index contributed by atoms with van der Waals surface area (Å²) in [5.74, 6) is -0.912. The van der Waals surface area contributed by atoms with Gasteiger partial charge < -0.3 is 4.74 Å². The highest BCUT2D eigenvalue weighted by Gasteiger charge is 2.18. The Balaban J connectivity index is 1.50. The fourth-order valence-electron chi connectivity index (χ4n) is 3.82. The minimum absolute atomic E-state index is 0.249. The Morgan fingerprint density at radius 2 is 2.03 bits per heavy atom.